The van der Waals surface area contributed by atoms with E-state index in [9.17, 15) is 0 Å². The lowest BCUT2D eigenvalue weighted by Gasteiger charge is -2.33. The molecule has 0 atom stereocenters. The Kier molecular flexibility index (Phi) is 3.50. The molecular formula is C12H16Cl2N2. The van der Waals surface area contributed by atoms with E-state index in [-0.39, 0.29) is 0 Å². The molecule has 0 spiro atoms. The maximum absolute atomic E-state index is 6.06. The van der Waals surface area contributed by atoms with Crippen molar-refractivity contribution in [2.75, 3.05) is 29.9 Å². The van der Waals surface area contributed by atoms with Gasteiger partial charge in [0.25, 0.3) is 0 Å². The van der Waals surface area contributed by atoms with Gasteiger partial charge in [-0.3, -0.25) is 0 Å². The summed E-state index contributed by atoms with van der Waals surface area (Å²) in [6, 6.07) is 3.86. The minimum atomic E-state index is 0.610. The van der Waals surface area contributed by atoms with Crippen LogP contribution in [-0.4, -0.2) is 19.6 Å². The molecule has 1 aliphatic heterocycles. The number of hydrogen-bond donors (Lipinski definition) is 1. The number of nitrogens with zero attached hydrogens (tertiary/aromatic N) is 1. The van der Waals surface area contributed by atoms with Crippen LogP contribution in [0.25, 0.3) is 0 Å². The molecule has 2 nitrogen and oxygen atoms in total. The molecule has 0 radical (unpaired) electrons. The first-order chi connectivity index (χ1) is 7.58. The molecule has 4 heteroatoms. The normalized spacial score (nSPS) is 14.9. The Hall–Kier alpha value is -0.600. The van der Waals surface area contributed by atoms with Gasteiger partial charge in [-0.15, -0.1) is 0 Å². The van der Waals surface area contributed by atoms with E-state index in [2.05, 4.69) is 24.1 Å². The number of fused-ring (bicyclic) bond motifs is 1. The number of hydrogen-bond acceptors (Lipinski definition) is 2. The summed E-state index contributed by atoms with van der Waals surface area (Å²) < 4.78 is 0. The molecule has 0 unspecified atom stereocenters. The van der Waals surface area contributed by atoms with Gasteiger partial charge in [0.05, 0.1) is 21.4 Å². The van der Waals surface area contributed by atoms with Crippen LogP contribution in [0.15, 0.2) is 12.1 Å². The largest absolute Gasteiger partial charge is 0.382 e. The Bertz CT molecular complexity index is 391. The fourth-order valence-electron chi connectivity index (χ4n) is 2.02. The first-order valence-corrected chi connectivity index (χ1v) is 6.31. The van der Waals surface area contributed by atoms with E-state index in [1.165, 1.54) is 0 Å². The Morgan fingerprint density at radius 3 is 2.69 bits per heavy atom. The zero-order chi connectivity index (χ0) is 11.7. The van der Waals surface area contributed by atoms with E-state index in [0.717, 1.165) is 31.0 Å². The molecule has 0 saturated heterocycles. The Morgan fingerprint density at radius 1 is 1.31 bits per heavy atom. The molecular weight excluding hydrogens is 243 g/mol. The average molecular weight is 259 g/mol. The molecule has 1 aromatic rings. The first kappa shape index (κ1) is 11.9. The van der Waals surface area contributed by atoms with Crippen molar-refractivity contribution < 1.29 is 0 Å². The van der Waals surface area contributed by atoms with Crippen molar-refractivity contribution in [3.63, 3.8) is 0 Å². The summed E-state index contributed by atoms with van der Waals surface area (Å²) in [6.45, 7) is 7.46. The van der Waals surface area contributed by atoms with Crippen molar-refractivity contribution in [1.82, 2.24) is 0 Å². The van der Waals surface area contributed by atoms with Crippen LogP contribution in [0.5, 0.6) is 0 Å². The SMILES string of the molecule is CC(C)CN1CCNc2cc(Cl)c(Cl)cc21. The maximum atomic E-state index is 6.06. The molecule has 2 rings (SSSR count). The molecule has 0 bridgehead atoms. The summed E-state index contributed by atoms with van der Waals surface area (Å²) in [6.07, 6.45) is 0. The molecule has 0 fully saturated rings. The third-order valence-corrected chi connectivity index (χ3v) is 3.38. The fraction of sp³-hybridized carbons (Fsp3) is 0.500. The van der Waals surface area contributed by atoms with Crippen LogP contribution in [-0.2, 0) is 0 Å². The van der Waals surface area contributed by atoms with Crippen LogP contribution in [0.3, 0.4) is 0 Å². The topological polar surface area (TPSA) is 15.3 Å². The summed E-state index contributed by atoms with van der Waals surface area (Å²) in [7, 11) is 0. The van der Waals surface area contributed by atoms with Gasteiger partial charge in [0.2, 0.25) is 0 Å². The van der Waals surface area contributed by atoms with Crippen molar-refractivity contribution in [2.45, 2.75) is 13.8 Å². The van der Waals surface area contributed by atoms with Crippen molar-refractivity contribution >= 4 is 34.6 Å². The van der Waals surface area contributed by atoms with Gasteiger partial charge in [0.15, 0.2) is 0 Å². The summed E-state index contributed by atoms with van der Waals surface area (Å²) >= 11 is 12.1. The van der Waals surface area contributed by atoms with Crippen molar-refractivity contribution in [1.29, 1.82) is 0 Å². The second kappa shape index (κ2) is 4.72. The molecule has 0 aliphatic carbocycles. The average Bonchev–Trinajstić information content (AvgIpc) is 2.20. The molecule has 1 N–H and O–H groups in total. The van der Waals surface area contributed by atoms with Crippen LogP contribution in [0.2, 0.25) is 10.0 Å². The monoisotopic (exact) mass is 258 g/mol. The van der Waals surface area contributed by atoms with E-state index in [1.54, 1.807) is 0 Å². The van der Waals surface area contributed by atoms with Gasteiger partial charge in [-0.2, -0.15) is 0 Å². The summed E-state index contributed by atoms with van der Waals surface area (Å²) in [5, 5.41) is 4.58. The predicted molar refractivity (Wildman–Crippen MR) is 72.0 cm³/mol. The lowest BCUT2D eigenvalue weighted by molar-refractivity contribution is 0.610. The van der Waals surface area contributed by atoms with Crippen LogP contribution < -0.4 is 10.2 Å². The molecule has 16 heavy (non-hydrogen) atoms. The Morgan fingerprint density at radius 2 is 2.00 bits per heavy atom. The van der Waals surface area contributed by atoms with Crippen LogP contribution >= 0.6 is 23.2 Å². The van der Waals surface area contributed by atoms with Gasteiger partial charge >= 0.3 is 0 Å². The van der Waals surface area contributed by atoms with Gasteiger partial charge in [0.1, 0.15) is 0 Å². The summed E-state index contributed by atoms with van der Waals surface area (Å²) in [4.78, 5) is 2.36. The number of anilines is 2. The first-order valence-electron chi connectivity index (χ1n) is 5.56. The number of nitrogens with one attached hydrogen (secondary N) is 1. The van der Waals surface area contributed by atoms with Crippen LogP contribution in [0, 0.1) is 5.92 Å². The lowest BCUT2D eigenvalue weighted by Crippen LogP contribution is -2.36. The highest BCUT2D eigenvalue weighted by molar-refractivity contribution is 6.42. The second-order valence-corrected chi connectivity index (χ2v) is 5.36. The molecule has 0 saturated carbocycles. The maximum Gasteiger partial charge on any atom is 0.0618 e. The molecule has 88 valence electrons. The highest BCUT2D eigenvalue weighted by atomic mass is 35.5. The minimum Gasteiger partial charge on any atom is -0.382 e. The van der Waals surface area contributed by atoms with Gasteiger partial charge in [-0.25, -0.2) is 0 Å². The van der Waals surface area contributed by atoms with E-state index in [0.29, 0.717) is 16.0 Å². The molecule has 0 aromatic heterocycles. The fourth-order valence-corrected chi connectivity index (χ4v) is 2.34. The predicted octanol–water partition coefficient (Wildman–Crippen LogP) is 3.88. The van der Waals surface area contributed by atoms with E-state index in [4.69, 9.17) is 23.2 Å². The van der Waals surface area contributed by atoms with Crippen LogP contribution in [0.1, 0.15) is 13.8 Å². The Labute approximate surface area is 107 Å². The highest BCUT2D eigenvalue weighted by Crippen LogP contribution is 2.36. The van der Waals surface area contributed by atoms with Crippen molar-refractivity contribution in [3.8, 4) is 0 Å². The quantitative estimate of drug-likeness (QED) is 0.867. The standard InChI is InChI=1S/C12H16Cl2N2/c1-8(2)7-16-4-3-15-11-5-9(13)10(14)6-12(11)16/h5-6,8,15H,3-4,7H2,1-2H3. The smallest absolute Gasteiger partial charge is 0.0618 e. The molecule has 1 aliphatic rings. The van der Waals surface area contributed by atoms with E-state index >= 15 is 0 Å². The zero-order valence-electron chi connectivity index (χ0n) is 9.56. The number of benzene rings is 1. The number of halogens is 2. The minimum absolute atomic E-state index is 0.610. The summed E-state index contributed by atoms with van der Waals surface area (Å²) in [5.74, 6) is 0.639. The van der Waals surface area contributed by atoms with Gasteiger partial charge in [-0.1, -0.05) is 37.0 Å². The Balaban J connectivity index is 2.34. The van der Waals surface area contributed by atoms with E-state index in [1.807, 2.05) is 12.1 Å². The lowest BCUT2D eigenvalue weighted by atomic mass is 10.1. The van der Waals surface area contributed by atoms with Gasteiger partial charge in [0, 0.05) is 19.6 Å². The zero-order valence-corrected chi connectivity index (χ0v) is 11.1. The third-order valence-electron chi connectivity index (χ3n) is 2.66. The second-order valence-electron chi connectivity index (χ2n) is 4.55. The number of rotatable bonds is 2. The van der Waals surface area contributed by atoms with Gasteiger partial charge in [-0.05, 0) is 18.1 Å². The van der Waals surface area contributed by atoms with E-state index < -0.39 is 0 Å². The van der Waals surface area contributed by atoms with Crippen molar-refractivity contribution in [2.24, 2.45) is 5.92 Å². The van der Waals surface area contributed by atoms with Crippen molar-refractivity contribution in [3.05, 3.63) is 22.2 Å². The van der Waals surface area contributed by atoms with Gasteiger partial charge < -0.3 is 10.2 Å². The van der Waals surface area contributed by atoms with Crippen LogP contribution in [0.4, 0.5) is 11.4 Å². The highest BCUT2D eigenvalue weighted by Gasteiger charge is 2.18. The third kappa shape index (κ3) is 2.38. The summed E-state index contributed by atoms with van der Waals surface area (Å²) in [5.41, 5.74) is 2.25. The molecule has 1 aromatic carbocycles. The molecule has 0 amide bonds. The molecule has 1 heterocycles.